The Labute approximate surface area is 240 Å². The van der Waals surface area contributed by atoms with E-state index in [-0.39, 0.29) is 7.43 Å². The van der Waals surface area contributed by atoms with Crippen LogP contribution in [-0.4, -0.2) is 0 Å². The summed E-state index contributed by atoms with van der Waals surface area (Å²) in [6.07, 6.45) is 20.4. The van der Waals surface area contributed by atoms with E-state index in [9.17, 15) is 0 Å². The Kier molecular flexibility index (Phi) is 29.4. The van der Waals surface area contributed by atoms with Gasteiger partial charge in [0.1, 0.15) is 0 Å². The molecule has 1 atom stereocenters. The summed E-state index contributed by atoms with van der Waals surface area (Å²) in [5.41, 5.74) is 0. The van der Waals surface area contributed by atoms with E-state index < -0.39 is 0 Å². The van der Waals surface area contributed by atoms with Crippen molar-refractivity contribution in [3.63, 3.8) is 0 Å². The Bertz CT molecular complexity index is 415. The minimum atomic E-state index is 0. The van der Waals surface area contributed by atoms with Crippen molar-refractivity contribution < 1.29 is 0 Å². The predicted molar refractivity (Wildman–Crippen MR) is 177 cm³/mol. The van der Waals surface area contributed by atoms with Gasteiger partial charge in [0.05, 0.1) is 0 Å². The molecule has 0 saturated heterocycles. The summed E-state index contributed by atoms with van der Waals surface area (Å²) in [5, 5.41) is 0. The Morgan fingerprint density at radius 1 is 0.622 bits per heavy atom. The standard InChI is InChI=1S/2C10H20.C9H20.C7H16.CH4/c1-8(2)10-6-4-9(3)5-7-10;1-9(2)8-10-6-4-3-5-7-10;1-7(2)6-9(5)8(3)4;1-4-5-6-7(2)3;/h8-10H,4-7H2,1-3H3;9-10H,3-8H2,1-2H3;7-9H,6H2,1-5H3;7H,4-6H2,1-3H3;1H4. The fraction of sp³-hybridized carbons (Fsp3) is 1.00. The van der Waals surface area contributed by atoms with Gasteiger partial charge in [0, 0.05) is 0 Å². The van der Waals surface area contributed by atoms with E-state index in [4.69, 9.17) is 0 Å². The first-order valence-electron chi connectivity index (χ1n) is 16.8. The first-order chi connectivity index (χ1) is 16.8. The maximum Gasteiger partial charge on any atom is -0.0391 e. The molecular weight excluding hydrogens is 444 g/mol. The number of hydrogen-bond acceptors (Lipinski definition) is 0. The molecule has 0 radical (unpaired) electrons. The lowest BCUT2D eigenvalue weighted by Crippen LogP contribution is -2.16. The van der Waals surface area contributed by atoms with Crippen LogP contribution in [0.15, 0.2) is 0 Å². The van der Waals surface area contributed by atoms with Crippen LogP contribution in [0.5, 0.6) is 0 Å². The van der Waals surface area contributed by atoms with Crippen molar-refractivity contribution in [1.82, 2.24) is 0 Å². The van der Waals surface area contributed by atoms with Crippen molar-refractivity contribution in [3.8, 4) is 0 Å². The van der Waals surface area contributed by atoms with Crippen molar-refractivity contribution >= 4 is 0 Å². The van der Waals surface area contributed by atoms with Crippen LogP contribution >= 0.6 is 0 Å². The van der Waals surface area contributed by atoms with E-state index in [0.29, 0.717) is 0 Å². The van der Waals surface area contributed by atoms with Crippen LogP contribution in [0.2, 0.25) is 0 Å². The van der Waals surface area contributed by atoms with E-state index in [2.05, 4.69) is 90.0 Å². The van der Waals surface area contributed by atoms with Gasteiger partial charge in [0.15, 0.2) is 0 Å². The fourth-order valence-electron chi connectivity index (χ4n) is 5.67. The third kappa shape index (κ3) is 28.8. The highest BCUT2D eigenvalue weighted by Gasteiger charge is 2.20. The van der Waals surface area contributed by atoms with Crippen molar-refractivity contribution in [3.05, 3.63) is 0 Å². The Morgan fingerprint density at radius 3 is 1.43 bits per heavy atom. The maximum atomic E-state index is 2.39. The summed E-state index contributed by atoms with van der Waals surface area (Å²) in [6, 6.07) is 0. The molecule has 2 rings (SSSR count). The zero-order chi connectivity index (χ0) is 28.1. The Hall–Kier alpha value is 0. The van der Waals surface area contributed by atoms with E-state index >= 15 is 0 Å². The largest absolute Gasteiger partial charge is 0.0776 e. The molecule has 0 amide bonds. The van der Waals surface area contributed by atoms with Crippen LogP contribution in [0.25, 0.3) is 0 Å². The Morgan fingerprint density at radius 2 is 1.14 bits per heavy atom. The minimum absolute atomic E-state index is 0. The number of unbranched alkanes of at least 4 members (excludes halogenated alkanes) is 1. The van der Waals surface area contributed by atoms with Crippen LogP contribution in [0.3, 0.4) is 0 Å². The summed E-state index contributed by atoms with van der Waals surface area (Å²) in [6.45, 7) is 30.1. The molecule has 2 aliphatic carbocycles. The highest BCUT2D eigenvalue weighted by atomic mass is 14.3. The van der Waals surface area contributed by atoms with Crippen LogP contribution in [0, 0.1) is 53.3 Å². The number of hydrogen-bond donors (Lipinski definition) is 0. The van der Waals surface area contributed by atoms with Gasteiger partial charge < -0.3 is 0 Å². The summed E-state index contributed by atoms with van der Waals surface area (Å²) >= 11 is 0. The molecule has 2 saturated carbocycles. The van der Waals surface area contributed by atoms with Crippen molar-refractivity contribution in [2.75, 3.05) is 0 Å². The average Bonchev–Trinajstić information content (AvgIpc) is 2.79. The topological polar surface area (TPSA) is 0 Å². The van der Waals surface area contributed by atoms with Crippen molar-refractivity contribution in [2.24, 2.45) is 53.3 Å². The second-order valence-electron chi connectivity index (χ2n) is 14.8. The van der Waals surface area contributed by atoms with Gasteiger partial charge in [-0.15, -0.1) is 0 Å². The lowest BCUT2D eigenvalue weighted by Gasteiger charge is -2.28. The molecule has 0 heterocycles. The van der Waals surface area contributed by atoms with Gasteiger partial charge in [-0.2, -0.15) is 0 Å². The fourth-order valence-corrected chi connectivity index (χ4v) is 5.67. The normalized spacial score (nSPS) is 20.9. The zero-order valence-corrected chi connectivity index (χ0v) is 28.1. The third-order valence-corrected chi connectivity index (χ3v) is 8.65. The highest BCUT2D eigenvalue weighted by Crippen LogP contribution is 2.32. The first-order valence-corrected chi connectivity index (χ1v) is 16.8. The van der Waals surface area contributed by atoms with Crippen molar-refractivity contribution in [2.45, 2.75) is 187 Å². The first kappa shape index (κ1) is 41.5. The molecule has 0 spiro atoms. The molecule has 2 fully saturated rings. The van der Waals surface area contributed by atoms with Gasteiger partial charge in [-0.3, -0.25) is 0 Å². The van der Waals surface area contributed by atoms with Crippen LogP contribution in [-0.2, 0) is 0 Å². The quantitative estimate of drug-likeness (QED) is 0.281. The Balaban J connectivity index is -0.000000417. The lowest BCUT2D eigenvalue weighted by molar-refractivity contribution is 0.234. The molecule has 228 valence electrons. The molecule has 1 unspecified atom stereocenters. The predicted octanol–water partition coefficient (Wildman–Crippen LogP) is 13.9. The van der Waals surface area contributed by atoms with Gasteiger partial charge >= 0.3 is 0 Å². The molecule has 37 heavy (non-hydrogen) atoms. The smallest absolute Gasteiger partial charge is 0.0391 e. The maximum absolute atomic E-state index is 2.39. The number of rotatable bonds is 9. The molecule has 0 aliphatic heterocycles. The molecule has 0 aromatic carbocycles. The van der Waals surface area contributed by atoms with Gasteiger partial charge in [-0.1, -0.05) is 162 Å². The van der Waals surface area contributed by atoms with E-state index in [1.807, 2.05) is 0 Å². The van der Waals surface area contributed by atoms with Gasteiger partial charge in [-0.25, -0.2) is 0 Å². The van der Waals surface area contributed by atoms with Gasteiger partial charge in [0.25, 0.3) is 0 Å². The molecular formula is C37H80. The summed E-state index contributed by atoms with van der Waals surface area (Å²) in [7, 11) is 0. The molecule has 2 aliphatic rings. The molecule has 0 nitrogen and oxygen atoms in total. The second kappa shape index (κ2) is 26.2. The molecule has 0 heteroatoms. The van der Waals surface area contributed by atoms with Crippen LogP contribution < -0.4 is 0 Å². The monoisotopic (exact) mass is 525 g/mol. The average molecular weight is 525 g/mol. The van der Waals surface area contributed by atoms with E-state index in [1.165, 1.54) is 89.9 Å². The van der Waals surface area contributed by atoms with Gasteiger partial charge in [-0.05, 0) is 78.9 Å². The van der Waals surface area contributed by atoms with E-state index in [0.717, 1.165) is 53.3 Å². The molecule has 0 N–H and O–H groups in total. The minimum Gasteiger partial charge on any atom is -0.0776 e. The van der Waals surface area contributed by atoms with E-state index in [1.54, 1.807) is 0 Å². The molecule has 0 aromatic heterocycles. The summed E-state index contributed by atoms with van der Waals surface area (Å²) in [5.74, 6) is 8.48. The highest BCUT2D eigenvalue weighted by molar-refractivity contribution is 4.71. The third-order valence-electron chi connectivity index (χ3n) is 8.65. The zero-order valence-electron chi connectivity index (χ0n) is 28.1. The summed E-state index contributed by atoms with van der Waals surface area (Å²) < 4.78 is 0. The van der Waals surface area contributed by atoms with Crippen molar-refractivity contribution in [1.29, 1.82) is 0 Å². The van der Waals surface area contributed by atoms with Gasteiger partial charge in [0.2, 0.25) is 0 Å². The second-order valence-corrected chi connectivity index (χ2v) is 14.8. The summed E-state index contributed by atoms with van der Waals surface area (Å²) in [4.78, 5) is 0. The molecule has 0 aromatic rings. The van der Waals surface area contributed by atoms with Crippen LogP contribution in [0.1, 0.15) is 187 Å². The lowest BCUT2D eigenvalue weighted by atomic mass is 9.78. The molecule has 0 bridgehead atoms. The van der Waals surface area contributed by atoms with Crippen LogP contribution in [0.4, 0.5) is 0 Å². The SMILES string of the molecule is C.CC(C)CC(C)C(C)C.CC(C)CC1CCCCC1.CC1CCC(C(C)C)CC1.CCCCC(C)C.